The molecule has 1 saturated heterocycles. The summed E-state index contributed by atoms with van der Waals surface area (Å²) in [5.74, 6) is -0.105. The van der Waals surface area contributed by atoms with Crippen LogP contribution in [0.5, 0.6) is 0 Å². The number of hydrogen-bond donors (Lipinski definition) is 1. The molecule has 1 atom stereocenters. The molecule has 0 bridgehead atoms. The number of amides is 1. The molecule has 0 radical (unpaired) electrons. The highest BCUT2D eigenvalue weighted by molar-refractivity contribution is 6.59. The van der Waals surface area contributed by atoms with Crippen molar-refractivity contribution in [1.29, 1.82) is 0 Å². The second-order valence-corrected chi connectivity index (χ2v) is 6.48. The van der Waals surface area contributed by atoms with Crippen molar-refractivity contribution in [3.63, 3.8) is 0 Å². The van der Waals surface area contributed by atoms with Crippen molar-refractivity contribution in [3.05, 3.63) is 0 Å². The Kier molecular flexibility index (Phi) is 3.28. The van der Waals surface area contributed by atoms with Crippen molar-refractivity contribution < 1.29 is 9.90 Å². The van der Waals surface area contributed by atoms with Crippen LogP contribution in [0, 0.1) is 5.41 Å². The molecule has 1 amide bonds. The number of hydrogen-bond acceptors (Lipinski definition) is 2. The molecule has 1 heterocycles. The normalized spacial score (nSPS) is 27.5. The summed E-state index contributed by atoms with van der Waals surface area (Å²) >= 11 is 0. The van der Waals surface area contributed by atoms with Gasteiger partial charge < -0.3 is 10.0 Å². The Morgan fingerprint density at radius 1 is 1.44 bits per heavy atom. The van der Waals surface area contributed by atoms with E-state index in [2.05, 4.69) is 0 Å². The van der Waals surface area contributed by atoms with E-state index in [4.69, 9.17) is 0 Å². The fourth-order valence-electron chi connectivity index (χ4n) is 2.27. The first-order valence-corrected chi connectivity index (χ1v) is 6.11. The molecule has 6 heteroatoms. The third kappa shape index (κ3) is 1.92. The van der Waals surface area contributed by atoms with Gasteiger partial charge in [-0.15, -0.1) is 0 Å². The van der Waals surface area contributed by atoms with Crippen LogP contribution in [0.25, 0.3) is 0 Å². The molecule has 0 aromatic rings. The highest BCUT2D eigenvalue weighted by Crippen LogP contribution is 2.42. The van der Waals surface area contributed by atoms with Gasteiger partial charge in [-0.05, 0) is 11.7 Å². The Labute approximate surface area is 101 Å². The highest BCUT2D eigenvalue weighted by Gasteiger charge is 2.55. The largest absolute Gasteiger partial charge is 0.379 e. The molecule has 0 saturated carbocycles. The Bertz CT molecular complexity index is 301. The van der Waals surface area contributed by atoms with E-state index in [1.807, 2.05) is 44.3 Å². The summed E-state index contributed by atoms with van der Waals surface area (Å²) in [5, 5.41) is 10.4. The predicted octanol–water partition coefficient (Wildman–Crippen LogP) is -2.10. The second kappa shape index (κ2) is 3.83. The van der Waals surface area contributed by atoms with Crippen LogP contribution >= 0.6 is 0 Å². The van der Waals surface area contributed by atoms with Gasteiger partial charge in [0.2, 0.25) is 0 Å². The molecule has 1 fully saturated rings. The minimum absolute atomic E-state index is 0.105. The molecular weight excluding hydrogens is 199 g/mol. The van der Waals surface area contributed by atoms with Gasteiger partial charge in [-0.1, -0.05) is 20.8 Å². The van der Waals surface area contributed by atoms with E-state index in [1.54, 1.807) is 4.90 Å². The number of aliphatic hydroxyl groups is 1. The molecule has 1 unspecified atom stereocenters. The molecular formula is C10H22B3NO2. The molecule has 16 heavy (non-hydrogen) atoms. The zero-order chi connectivity index (χ0) is 12.8. The lowest BCUT2D eigenvalue weighted by molar-refractivity contribution is -0.155. The van der Waals surface area contributed by atoms with Crippen molar-refractivity contribution in [1.82, 2.24) is 4.90 Å². The first kappa shape index (κ1) is 13.7. The summed E-state index contributed by atoms with van der Waals surface area (Å²) in [6.07, 6.45) is 1.34. The van der Waals surface area contributed by atoms with Gasteiger partial charge in [-0.3, -0.25) is 4.79 Å². The lowest BCUT2D eigenvalue weighted by atomic mass is 9.48. The molecule has 0 aromatic heterocycles. The van der Waals surface area contributed by atoms with Gasteiger partial charge in [0.15, 0.2) is 0 Å². The summed E-state index contributed by atoms with van der Waals surface area (Å²) < 4.78 is 0. The van der Waals surface area contributed by atoms with E-state index in [-0.39, 0.29) is 16.6 Å². The molecule has 3 nitrogen and oxygen atoms in total. The van der Waals surface area contributed by atoms with Gasteiger partial charge in [0.05, 0.1) is 0 Å². The van der Waals surface area contributed by atoms with Crippen molar-refractivity contribution in [2.24, 2.45) is 5.41 Å². The van der Waals surface area contributed by atoms with E-state index >= 15 is 0 Å². The van der Waals surface area contributed by atoms with Crippen molar-refractivity contribution in [2.45, 2.75) is 44.5 Å². The Balaban J connectivity index is 3.02. The van der Waals surface area contributed by atoms with Crippen LogP contribution in [0.4, 0.5) is 0 Å². The number of nitrogens with zero attached hydrogens (tertiary/aromatic N) is 1. The topological polar surface area (TPSA) is 40.5 Å². The maximum atomic E-state index is 12.4. The van der Waals surface area contributed by atoms with E-state index in [0.717, 1.165) is 6.42 Å². The molecule has 0 spiro atoms. The Morgan fingerprint density at radius 2 is 1.94 bits per heavy atom. The molecule has 0 aliphatic carbocycles. The first-order valence-electron chi connectivity index (χ1n) is 6.11. The van der Waals surface area contributed by atoms with Gasteiger partial charge >= 0.3 is 0 Å². The molecule has 1 aliphatic heterocycles. The zero-order valence-corrected chi connectivity index (χ0v) is 11.4. The first-order chi connectivity index (χ1) is 7.06. The molecule has 1 N–H and O–H groups in total. The van der Waals surface area contributed by atoms with Crippen LogP contribution in [0.15, 0.2) is 0 Å². The van der Waals surface area contributed by atoms with Crippen molar-refractivity contribution >= 4 is 29.4 Å². The van der Waals surface area contributed by atoms with Crippen LogP contribution in [0.3, 0.4) is 0 Å². The molecule has 1 rings (SSSR count). The van der Waals surface area contributed by atoms with E-state index in [0.29, 0.717) is 13.0 Å². The standard InChI is InChI=1S/C10H22B3NO2/c1-4-8(2,3)9(16)5-6-14(7(9)15)10(11,12)13/h16H,4-6,11-13H2,1-3H3. The lowest BCUT2D eigenvalue weighted by Gasteiger charge is -2.40. The maximum absolute atomic E-state index is 12.4. The van der Waals surface area contributed by atoms with E-state index < -0.39 is 5.60 Å². The van der Waals surface area contributed by atoms with Crippen molar-refractivity contribution in [3.8, 4) is 0 Å². The highest BCUT2D eigenvalue weighted by atomic mass is 16.3. The smallest absolute Gasteiger partial charge is 0.253 e. The molecule has 0 aromatic carbocycles. The van der Waals surface area contributed by atoms with Crippen molar-refractivity contribution in [2.75, 3.05) is 6.54 Å². The molecule has 88 valence electrons. The van der Waals surface area contributed by atoms with Crippen LogP contribution in [0.1, 0.15) is 33.6 Å². The van der Waals surface area contributed by atoms with Crippen LogP contribution in [-0.4, -0.2) is 56.8 Å². The van der Waals surface area contributed by atoms with Crippen LogP contribution in [0.2, 0.25) is 0 Å². The van der Waals surface area contributed by atoms with Gasteiger partial charge in [0.25, 0.3) is 5.91 Å². The van der Waals surface area contributed by atoms with Crippen LogP contribution in [-0.2, 0) is 4.79 Å². The minimum Gasteiger partial charge on any atom is -0.379 e. The third-order valence-corrected chi connectivity index (χ3v) is 4.11. The van der Waals surface area contributed by atoms with Gasteiger partial charge in [0.1, 0.15) is 29.1 Å². The van der Waals surface area contributed by atoms with Gasteiger partial charge in [-0.2, -0.15) is 0 Å². The zero-order valence-electron chi connectivity index (χ0n) is 11.4. The summed E-state index contributed by atoms with van der Waals surface area (Å²) in [6.45, 7) is 6.61. The van der Waals surface area contributed by atoms with E-state index in [9.17, 15) is 9.90 Å². The summed E-state index contributed by atoms with van der Waals surface area (Å²) in [4.78, 5) is 14.2. The minimum atomic E-state index is -1.19. The fraction of sp³-hybridized carbons (Fsp3) is 0.900. The molecule has 1 aliphatic rings. The van der Waals surface area contributed by atoms with Gasteiger partial charge in [-0.25, -0.2) is 0 Å². The SMILES string of the molecule is BC(B)(B)N1CCC(O)(C(C)(C)CC)C1=O. The fourth-order valence-corrected chi connectivity index (χ4v) is 2.27. The number of rotatable bonds is 3. The average Bonchev–Trinajstić information content (AvgIpc) is 2.44. The second-order valence-electron chi connectivity index (χ2n) is 6.48. The maximum Gasteiger partial charge on any atom is 0.253 e. The quantitative estimate of drug-likeness (QED) is 0.554. The Morgan fingerprint density at radius 3 is 2.25 bits per heavy atom. The van der Waals surface area contributed by atoms with E-state index in [1.165, 1.54) is 0 Å². The monoisotopic (exact) mass is 221 g/mol. The number of likely N-dealkylation sites (tertiary alicyclic amines) is 1. The van der Waals surface area contributed by atoms with Crippen LogP contribution < -0.4 is 0 Å². The predicted molar refractivity (Wildman–Crippen MR) is 73.7 cm³/mol. The summed E-state index contributed by atoms with van der Waals surface area (Å²) in [7, 11) is 6.03. The lowest BCUT2D eigenvalue weighted by Crippen LogP contribution is -2.57. The summed E-state index contributed by atoms with van der Waals surface area (Å²) in [6, 6.07) is 0. The Hall–Kier alpha value is -0.375. The summed E-state index contributed by atoms with van der Waals surface area (Å²) in [5.41, 5.74) is -1.54. The number of carbonyl (C=O) groups is 1. The number of carbonyl (C=O) groups excluding carboxylic acids is 1. The third-order valence-electron chi connectivity index (χ3n) is 4.11. The average molecular weight is 221 g/mol. The van der Waals surface area contributed by atoms with Gasteiger partial charge in [0, 0.05) is 18.4 Å².